The molecule has 2 fully saturated rings. The van der Waals surface area contributed by atoms with E-state index >= 15 is 0 Å². The van der Waals surface area contributed by atoms with E-state index in [0.29, 0.717) is 48.4 Å². The van der Waals surface area contributed by atoms with Crippen molar-refractivity contribution in [3.05, 3.63) is 22.8 Å². The highest BCUT2D eigenvalue weighted by Crippen LogP contribution is 2.61. The Morgan fingerprint density at radius 2 is 2.00 bits per heavy atom. The number of unbranched alkanes of at least 4 members (excludes halogenated alkanes) is 2. The van der Waals surface area contributed by atoms with Crippen molar-refractivity contribution < 1.29 is 23.9 Å². The number of rotatable bonds is 9. The van der Waals surface area contributed by atoms with Crippen molar-refractivity contribution in [3.8, 4) is 0 Å². The van der Waals surface area contributed by atoms with Gasteiger partial charge in [-0.05, 0) is 105 Å². The van der Waals surface area contributed by atoms with Crippen LogP contribution in [-0.2, 0) is 23.9 Å². The van der Waals surface area contributed by atoms with Crippen molar-refractivity contribution in [2.24, 2.45) is 23.2 Å². The lowest BCUT2D eigenvalue weighted by atomic mass is 9.58. The molecule has 0 aliphatic heterocycles. The molecule has 4 rings (SSSR count). The van der Waals surface area contributed by atoms with Gasteiger partial charge in [-0.1, -0.05) is 32.3 Å². The smallest absolute Gasteiger partial charge is 0.347 e. The summed E-state index contributed by atoms with van der Waals surface area (Å²) in [5.41, 5.74) is 4.88. The van der Waals surface area contributed by atoms with Crippen LogP contribution in [0, 0.1) is 23.2 Å². The highest BCUT2D eigenvalue weighted by atomic mass is 16.6. The van der Waals surface area contributed by atoms with Crippen molar-refractivity contribution in [3.63, 3.8) is 0 Å². The molecule has 0 amide bonds. The molecule has 34 heavy (non-hydrogen) atoms. The van der Waals surface area contributed by atoms with Crippen LogP contribution in [0.1, 0.15) is 104 Å². The van der Waals surface area contributed by atoms with E-state index in [1.54, 1.807) is 12.5 Å². The maximum absolute atomic E-state index is 12.3. The molecule has 5 nitrogen and oxygen atoms in total. The Labute approximate surface area is 204 Å². The van der Waals surface area contributed by atoms with Crippen LogP contribution >= 0.6 is 0 Å². The summed E-state index contributed by atoms with van der Waals surface area (Å²) in [6.45, 7) is 6.56. The number of hydrogen-bond acceptors (Lipinski definition) is 5. The van der Waals surface area contributed by atoms with Gasteiger partial charge in [0.1, 0.15) is 0 Å². The van der Waals surface area contributed by atoms with Crippen LogP contribution < -0.4 is 0 Å². The van der Waals surface area contributed by atoms with Gasteiger partial charge in [0.05, 0.1) is 6.61 Å². The molecule has 0 heterocycles. The number of hydrogen-bond donors (Lipinski definition) is 0. The van der Waals surface area contributed by atoms with E-state index < -0.39 is 12.1 Å². The van der Waals surface area contributed by atoms with Crippen LogP contribution in [0.3, 0.4) is 0 Å². The minimum absolute atomic E-state index is 0.300. The second-order valence-electron chi connectivity index (χ2n) is 11.4. The Hall–Kier alpha value is -1.91. The highest BCUT2D eigenvalue weighted by molar-refractivity contribution is 5.93. The molecule has 0 bridgehead atoms. The molecule has 1 unspecified atom stereocenters. The van der Waals surface area contributed by atoms with E-state index in [2.05, 4.69) is 13.8 Å². The quantitative estimate of drug-likeness (QED) is 0.294. The molecule has 4 aliphatic carbocycles. The molecule has 0 spiro atoms. The molecule has 0 aromatic carbocycles. The summed E-state index contributed by atoms with van der Waals surface area (Å²) in [4.78, 5) is 36.1. The third kappa shape index (κ3) is 5.49. The van der Waals surface area contributed by atoms with Crippen molar-refractivity contribution in [1.82, 2.24) is 0 Å². The lowest BCUT2D eigenvalue weighted by Gasteiger charge is -2.47. The highest BCUT2D eigenvalue weighted by Gasteiger charge is 2.51. The SMILES string of the molecule is CCCCCC(=O)OC(C)C(=O)OCC[C@H]1C[C@H]2[C@@H]3CCC4=CC(=O)CCC4=C3CC[C@]2(C)C1. The lowest BCUT2D eigenvalue weighted by molar-refractivity contribution is -0.166. The fourth-order valence-electron chi connectivity index (χ4n) is 7.22. The van der Waals surface area contributed by atoms with Crippen LogP contribution in [0.15, 0.2) is 22.8 Å². The number of carbonyl (C=O) groups is 3. The predicted molar refractivity (Wildman–Crippen MR) is 131 cm³/mol. The van der Waals surface area contributed by atoms with Gasteiger partial charge in [0.15, 0.2) is 11.9 Å². The second-order valence-corrected chi connectivity index (χ2v) is 11.4. The number of ether oxygens (including phenoxy) is 2. The molecule has 0 aromatic heterocycles. The zero-order chi connectivity index (χ0) is 24.3. The third-order valence-corrected chi connectivity index (χ3v) is 8.99. The van der Waals surface area contributed by atoms with Crippen LogP contribution in [0.5, 0.6) is 0 Å². The largest absolute Gasteiger partial charge is 0.463 e. The average molecular weight is 471 g/mol. The predicted octanol–water partition coefficient (Wildman–Crippen LogP) is 6.25. The second kappa shape index (κ2) is 10.8. The standard InChI is InChI=1S/C29H42O5/c1-4-5-6-7-27(31)34-19(2)28(32)33-15-13-20-16-26-25-10-8-21-17-22(30)9-11-23(21)24(25)12-14-29(26,3)18-20/h17,19-20,25-26H,4-16,18H2,1-3H3/t19?,20-,25+,26-,29+/m0/s1. The summed E-state index contributed by atoms with van der Waals surface area (Å²) in [7, 11) is 0. The number of esters is 2. The molecule has 0 radical (unpaired) electrons. The first-order valence-corrected chi connectivity index (χ1v) is 13.6. The van der Waals surface area contributed by atoms with Crippen molar-refractivity contribution in [1.29, 1.82) is 0 Å². The molecule has 0 N–H and O–H groups in total. The first-order chi connectivity index (χ1) is 16.3. The molecule has 188 valence electrons. The van der Waals surface area contributed by atoms with Gasteiger partial charge < -0.3 is 9.47 Å². The average Bonchev–Trinajstić information content (AvgIpc) is 3.15. The van der Waals surface area contributed by atoms with Crippen molar-refractivity contribution in [2.75, 3.05) is 6.61 Å². The monoisotopic (exact) mass is 470 g/mol. The van der Waals surface area contributed by atoms with E-state index in [9.17, 15) is 14.4 Å². The molecular formula is C29H42O5. The Balaban J connectivity index is 1.27. The third-order valence-electron chi connectivity index (χ3n) is 8.99. The van der Waals surface area contributed by atoms with Gasteiger partial charge in [-0.25, -0.2) is 4.79 Å². The summed E-state index contributed by atoms with van der Waals surface area (Å²) in [6.07, 6.45) is 13.9. The summed E-state index contributed by atoms with van der Waals surface area (Å²) in [5, 5.41) is 0. The van der Waals surface area contributed by atoms with Gasteiger partial charge in [-0.2, -0.15) is 0 Å². The number of ketones is 1. The fraction of sp³-hybridized carbons (Fsp3) is 0.759. The minimum atomic E-state index is -0.834. The Morgan fingerprint density at radius 3 is 2.79 bits per heavy atom. The van der Waals surface area contributed by atoms with Crippen LogP contribution in [-0.4, -0.2) is 30.4 Å². The number of fused-ring (bicyclic) bond motifs is 4. The van der Waals surface area contributed by atoms with E-state index in [1.165, 1.54) is 43.3 Å². The summed E-state index contributed by atoms with van der Waals surface area (Å²) < 4.78 is 10.7. The van der Waals surface area contributed by atoms with E-state index in [1.807, 2.05) is 6.08 Å². The number of carbonyl (C=O) groups excluding carboxylic acids is 3. The summed E-state index contributed by atoms with van der Waals surface area (Å²) in [6, 6.07) is 0. The molecule has 4 aliphatic rings. The zero-order valence-corrected chi connectivity index (χ0v) is 21.3. The van der Waals surface area contributed by atoms with Gasteiger partial charge in [0, 0.05) is 12.8 Å². The van der Waals surface area contributed by atoms with Crippen LogP contribution in [0.25, 0.3) is 0 Å². The minimum Gasteiger partial charge on any atom is -0.463 e. The summed E-state index contributed by atoms with van der Waals surface area (Å²) >= 11 is 0. The van der Waals surface area contributed by atoms with Gasteiger partial charge in [-0.15, -0.1) is 0 Å². The first-order valence-electron chi connectivity index (χ1n) is 13.6. The Bertz CT molecular complexity index is 868. The molecule has 0 aromatic rings. The molecule has 5 heteroatoms. The van der Waals surface area contributed by atoms with E-state index in [-0.39, 0.29) is 5.97 Å². The van der Waals surface area contributed by atoms with Gasteiger partial charge in [0.2, 0.25) is 0 Å². The van der Waals surface area contributed by atoms with E-state index in [4.69, 9.17) is 9.47 Å². The lowest BCUT2D eigenvalue weighted by Crippen LogP contribution is -2.36. The van der Waals surface area contributed by atoms with Gasteiger partial charge in [-0.3, -0.25) is 9.59 Å². The Kier molecular flexibility index (Phi) is 7.99. The molecular weight excluding hydrogens is 428 g/mol. The van der Waals surface area contributed by atoms with Crippen molar-refractivity contribution >= 4 is 17.7 Å². The molecule has 5 atom stereocenters. The normalized spacial score (nSPS) is 31.2. The van der Waals surface area contributed by atoms with Crippen molar-refractivity contribution in [2.45, 2.75) is 110 Å². The molecule has 2 saturated carbocycles. The maximum Gasteiger partial charge on any atom is 0.347 e. The molecule has 0 saturated heterocycles. The van der Waals surface area contributed by atoms with Gasteiger partial charge in [0.25, 0.3) is 0 Å². The van der Waals surface area contributed by atoms with Gasteiger partial charge >= 0.3 is 11.9 Å². The topological polar surface area (TPSA) is 69.7 Å². The number of allylic oxidation sites excluding steroid dienone is 4. The Morgan fingerprint density at radius 1 is 1.18 bits per heavy atom. The maximum atomic E-state index is 12.3. The van der Waals surface area contributed by atoms with Crippen LogP contribution in [0.4, 0.5) is 0 Å². The summed E-state index contributed by atoms with van der Waals surface area (Å²) in [5.74, 6) is 1.49. The van der Waals surface area contributed by atoms with Crippen LogP contribution in [0.2, 0.25) is 0 Å². The van der Waals surface area contributed by atoms with E-state index in [0.717, 1.165) is 38.5 Å². The zero-order valence-electron chi connectivity index (χ0n) is 21.3. The fourth-order valence-corrected chi connectivity index (χ4v) is 7.22. The first kappa shape index (κ1) is 25.2.